The second-order valence-electron chi connectivity index (χ2n) is 3.81. The molecule has 0 saturated carbocycles. The summed E-state index contributed by atoms with van der Waals surface area (Å²) in [7, 11) is 1.48. The first-order chi connectivity index (χ1) is 9.10. The van der Waals surface area contributed by atoms with Crippen molar-refractivity contribution >= 4 is 27.5 Å². The first-order valence-corrected chi connectivity index (χ1v) is 6.30. The van der Waals surface area contributed by atoms with Crippen molar-refractivity contribution in [1.82, 2.24) is 0 Å². The Balaban J connectivity index is 2.23. The average Bonchev–Trinajstić information content (AvgIpc) is 2.41. The third-order valence-electron chi connectivity index (χ3n) is 2.51. The van der Waals surface area contributed by atoms with Crippen molar-refractivity contribution in [2.75, 3.05) is 12.4 Å². The quantitative estimate of drug-likeness (QED) is 0.931. The van der Waals surface area contributed by atoms with Crippen molar-refractivity contribution in [3.63, 3.8) is 0 Å². The van der Waals surface area contributed by atoms with E-state index < -0.39 is 5.82 Å². The molecule has 2 aromatic carbocycles. The fraction of sp³-hybridized carbons (Fsp3) is 0.0714. The molecule has 0 spiro atoms. The third kappa shape index (κ3) is 3.32. The number of anilines is 1. The van der Waals surface area contributed by atoms with Crippen LogP contribution in [0.25, 0.3) is 0 Å². The molecule has 0 fully saturated rings. The highest BCUT2D eigenvalue weighted by Crippen LogP contribution is 2.22. The number of nitrogens with one attached hydrogen (secondary N) is 1. The van der Waals surface area contributed by atoms with Gasteiger partial charge in [-0.05, 0) is 30.3 Å². The largest absolute Gasteiger partial charge is 0.497 e. The zero-order valence-corrected chi connectivity index (χ0v) is 11.7. The molecule has 0 aliphatic rings. The predicted molar refractivity (Wildman–Crippen MR) is 75.0 cm³/mol. The summed E-state index contributed by atoms with van der Waals surface area (Å²) < 4.78 is 19.4. The van der Waals surface area contributed by atoms with Gasteiger partial charge < -0.3 is 10.1 Å². The van der Waals surface area contributed by atoms with E-state index in [4.69, 9.17) is 4.74 Å². The van der Waals surface area contributed by atoms with Crippen LogP contribution in [-0.2, 0) is 0 Å². The van der Waals surface area contributed by atoms with Crippen LogP contribution in [0.4, 0.5) is 10.1 Å². The highest BCUT2D eigenvalue weighted by molar-refractivity contribution is 9.10. The number of benzene rings is 2. The number of hydrogen-bond acceptors (Lipinski definition) is 2. The Bertz CT molecular complexity index is 616. The van der Waals surface area contributed by atoms with E-state index in [0.29, 0.717) is 11.3 Å². The fourth-order valence-electron chi connectivity index (χ4n) is 1.55. The van der Waals surface area contributed by atoms with Gasteiger partial charge in [0, 0.05) is 16.1 Å². The molecule has 0 aliphatic carbocycles. The van der Waals surface area contributed by atoms with Crippen LogP contribution in [0.1, 0.15) is 10.4 Å². The predicted octanol–water partition coefficient (Wildman–Crippen LogP) is 3.85. The van der Waals surface area contributed by atoms with Gasteiger partial charge in [0.1, 0.15) is 11.6 Å². The molecule has 0 aromatic heterocycles. The first-order valence-electron chi connectivity index (χ1n) is 5.50. The van der Waals surface area contributed by atoms with E-state index in [2.05, 4.69) is 21.2 Å². The summed E-state index contributed by atoms with van der Waals surface area (Å²) in [6.07, 6.45) is 0. The Morgan fingerprint density at radius 3 is 2.74 bits per heavy atom. The second-order valence-corrected chi connectivity index (χ2v) is 4.73. The summed E-state index contributed by atoms with van der Waals surface area (Å²) in [5.41, 5.74) is 0.529. The summed E-state index contributed by atoms with van der Waals surface area (Å²) in [4.78, 5) is 12.0. The monoisotopic (exact) mass is 323 g/mol. The zero-order chi connectivity index (χ0) is 13.8. The molecule has 1 N–H and O–H groups in total. The van der Waals surface area contributed by atoms with Crippen LogP contribution in [0.2, 0.25) is 0 Å². The van der Waals surface area contributed by atoms with Gasteiger partial charge in [-0.25, -0.2) is 4.39 Å². The number of carbonyl (C=O) groups excluding carboxylic acids is 1. The van der Waals surface area contributed by atoms with Crippen molar-refractivity contribution in [3.05, 3.63) is 58.3 Å². The summed E-state index contributed by atoms with van der Waals surface area (Å²) in [5, 5.41) is 2.51. The molecule has 0 heterocycles. The first kappa shape index (κ1) is 13.5. The molecule has 0 unspecified atom stereocenters. The molecule has 1 amide bonds. The third-order valence-corrected chi connectivity index (χ3v) is 3.00. The van der Waals surface area contributed by atoms with Crippen molar-refractivity contribution < 1.29 is 13.9 Å². The Hall–Kier alpha value is -1.88. The van der Waals surface area contributed by atoms with Gasteiger partial charge in [0.2, 0.25) is 0 Å². The van der Waals surface area contributed by atoms with Crippen LogP contribution in [0, 0.1) is 5.82 Å². The van der Waals surface area contributed by atoms with E-state index in [1.807, 2.05) is 6.07 Å². The number of ether oxygens (including phenoxy) is 1. The molecule has 5 heteroatoms. The van der Waals surface area contributed by atoms with Gasteiger partial charge in [-0.3, -0.25) is 4.79 Å². The Morgan fingerprint density at radius 2 is 2.05 bits per heavy atom. The standard InChI is InChI=1S/C14H11BrFNO2/c1-19-11-5-6-12(16)13(8-11)17-14(18)9-3-2-4-10(15)7-9/h2-8H,1H3,(H,17,18). The van der Waals surface area contributed by atoms with Crippen molar-refractivity contribution in [2.45, 2.75) is 0 Å². The van der Waals surface area contributed by atoms with E-state index in [9.17, 15) is 9.18 Å². The fourth-order valence-corrected chi connectivity index (χ4v) is 1.95. The molecular formula is C14H11BrFNO2. The highest BCUT2D eigenvalue weighted by Gasteiger charge is 2.10. The minimum Gasteiger partial charge on any atom is -0.497 e. The Kier molecular flexibility index (Phi) is 4.16. The smallest absolute Gasteiger partial charge is 0.255 e. The number of halogens is 2. The van der Waals surface area contributed by atoms with Crippen LogP contribution < -0.4 is 10.1 Å². The molecule has 19 heavy (non-hydrogen) atoms. The van der Waals surface area contributed by atoms with Crippen molar-refractivity contribution in [3.8, 4) is 5.75 Å². The van der Waals surface area contributed by atoms with Crippen LogP contribution >= 0.6 is 15.9 Å². The molecule has 0 atom stereocenters. The minimum absolute atomic E-state index is 0.0873. The summed E-state index contributed by atoms with van der Waals surface area (Å²) in [5.74, 6) is -0.413. The second kappa shape index (κ2) is 5.84. The van der Waals surface area contributed by atoms with Gasteiger partial charge in [0.25, 0.3) is 5.91 Å². The molecule has 2 aromatic rings. The average molecular weight is 324 g/mol. The number of hydrogen-bond donors (Lipinski definition) is 1. The lowest BCUT2D eigenvalue weighted by molar-refractivity contribution is 0.102. The summed E-state index contributed by atoms with van der Waals surface area (Å²) >= 11 is 3.28. The van der Waals surface area contributed by atoms with Crippen molar-refractivity contribution in [1.29, 1.82) is 0 Å². The Labute approximate surface area is 118 Å². The van der Waals surface area contributed by atoms with E-state index in [1.54, 1.807) is 18.2 Å². The van der Waals surface area contributed by atoms with Gasteiger partial charge in [0.15, 0.2) is 0 Å². The molecule has 2 rings (SSSR count). The number of methoxy groups -OCH3 is 1. The van der Waals surface area contributed by atoms with Crippen LogP contribution in [-0.4, -0.2) is 13.0 Å². The molecule has 0 radical (unpaired) electrons. The number of amides is 1. The van der Waals surface area contributed by atoms with Gasteiger partial charge in [-0.2, -0.15) is 0 Å². The topological polar surface area (TPSA) is 38.3 Å². The lowest BCUT2D eigenvalue weighted by atomic mass is 10.2. The van der Waals surface area contributed by atoms with Gasteiger partial charge in [-0.1, -0.05) is 22.0 Å². The maximum Gasteiger partial charge on any atom is 0.255 e. The van der Waals surface area contributed by atoms with E-state index in [-0.39, 0.29) is 11.6 Å². The van der Waals surface area contributed by atoms with E-state index >= 15 is 0 Å². The molecule has 0 aliphatic heterocycles. The lowest BCUT2D eigenvalue weighted by Crippen LogP contribution is -2.13. The number of rotatable bonds is 3. The molecule has 98 valence electrons. The van der Waals surface area contributed by atoms with Crippen LogP contribution in [0.5, 0.6) is 5.75 Å². The van der Waals surface area contributed by atoms with Crippen LogP contribution in [0.3, 0.4) is 0 Å². The van der Waals surface area contributed by atoms with Gasteiger partial charge >= 0.3 is 0 Å². The summed E-state index contributed by atoms with van der Waals surface area (Å²) in [6, 6.07) is 11.0. The van der Waals surface area contributed by atoms with E-state index in [1.165, 1.54) is 25.3 Å². The molecular weight excluding hydrogens is 313 g/mol. The maximum atomic E-state index is 13.6. The molecule has 0 saturated heterocycles. The van der Waals surface area contributed by atoms with Crippen molar-refractivity contribution in [2.24, 2.45) is 0 Å². The minimum atomic E-state index is -0.510. The Morgan fingerprint density at radius 1 is 1.26 bits per heavy atom. The SMILES string of the molecule is COc1ccc(F)c(NC(=O)c2cccc(Br)c2)c1. The normalized spacial score (nSPS) is 10.1. The maximum absolute atomic E-state index is 13.6. The summed E-state index contributed by atoms with van der Waals surface area (Å²) in [6.45, 7) is 0. The van der Waals surface area contributed by atoms with E-state index in [0.717, 1.165) is 4.47 Å². The van der Waals surface area contributed by atoms with Gasteiger partial charge in [0.05, 0.1) is 12.8 Å². The van der Waals surface area contributed by atoms with Crippen LogP contribution in [0.15, 0.2) is 46.9 Å². The molecule has 0 bridgehead atoms. The molecule has 3 nitrogen and oxygen atoms in total. The zero-order valence-electron chi connectivity index (χ0n) is 10.1. The highest BCUT2D eigenvalue weighted by atomic mass is 79.9. The number of carbonyl (C=O) groups is 1. The lowest BCUT2D eigenvalue weighted by Gasteiger charge is -2.08. The van der Waals surface area contributed by atoms with Gasteiger partial charge in [-0.15, -0.1) is 0 Å².